The van der Waals surface area contributed by atoms with Crippen LogP contribution in [-0.2, 0) is 14.4 Å². The zero-order chi connectivity index (χ0) is 8.72. The van der Waals surface area contributed by atoms with Gasteiger partial charge in [0.15, 0.2) is 0 Å². The Morgan fingerprint density at radius 3 is 2.67 bits per heavy atom. The summed E-state index contributed by atoms with van der Waals surface area (Å²) in [7, 11) is 0. The number of allylic oxidation sites excluding steroid dienone is 2. The van der Waals surface area contributed by atoms with Gasteiger partial charge in [0.25, 0.3) is 5.78 Å². The zero-order valence-electron chi connectivity index (χ0n) is 6.12. The van der Waals surface area contributed by atoms with E-state index in [4.69, 9.17) is 0 Å². The lowest BCUT2D eigenvalue weighted by atomic mass is 9.94. The Kier molecular flexibility index (Phi) is 1.65. The van der Waals surface area contributed by atoms with Gasteiger partial charge < -0.3 is 0 Å². The van der Waals surface area contributed by atoms with E-state index in [9.17, 15) is 14.4 Å². The van der Waals surface area contributed by atoms with E-state index in [1.165, 1.54) is 11.8 Å². The number of ketones is 3. The Morgan fingerprint density at radius 2 is 1.92 bits per heavy atom. The third-order valence-electron chi connectivity index (χ3n) is 1.90. The van der Waals surface area contributed by atoms with Gasteiger partial charge in [0.05, 0.1) is 0 Å². The predicted octanol–water partition coefficient (Wildman–Crippen LogP) is 0.650. The second-order valence-electron chi connectivity index (χ2n) is 2.65. The predicted molar refractivity (Wildman–Crippen MR) is 43.2 cm³/mol. The van der Waals surface area contributed by atoms with E-state index in [0.717, 1.165) is 4.91 Å². The number of carbonyl (C=O) groups excluding carboxylic acids is 3. The highest BCUT2D eigenvalue weighted by Gasteiger charge is 2.36. The summed E-state index contributed by atoms with van der Waals surface area (Å²) in [6, 6.07) is 0. The van der Waals surface area contributed by atoms with Gasteiger partial charge in [-0.2, -0.15) is 0 Å². The summed E-state index contributed by atoms with van der Waals surface area (Å²) in [5.41, 5.74) is 0.532. The summed E-state index contributed by atoms with van der Waals surface area (Å²) in [6.45, 7) is 0. The van der Waals surface area contributed by atoms with Gasteiger partial charge in [0, 0.05) is 22.7 Å². The molecule has 1 aliphatic heterocycles. The maximum absolute atomic E-state index is 11.2. The molecule has 1 aliphatic carbocycles. The number of carbonyl (C=O) groups is 3. The van der Waals surface area contributed by atoms with E-state index in [2.05, 4.69) is 0 Å². The van der Waals surface area contributed by atoms with Gasteiger partial charge in [0.1, 0.15) is 0 Å². The van der Waals surface area contributed by atoms with Gasteiger partial charge in [0.2, 0.25) is 11.6 Å². The summed E-state index contributed by atoms with van der Waals surface area (Å²) in [5, 5.41) is 0. The third kappa shape index (κ3) is 0.948. The van der Waals surface area contributed by atoms with Crippen molar-refractivity contribution in [2.24, 2.45) is 0 Å². The monoisotopic (exact) mass is 181 g/mol. The van der Waals surface area contributed by atoms with E-state index in [1.807, 2.05) is 5.75 Å². The molecule has 0 N–H and O–H groups in total. The molecule has 0 amide bonds. The first-order valence-electron chi connectivity index (χ1n) is 3.52. The minimum atomic E-state index is -0.843. The summed E-state index contributed by atoms with van der Waals surface area (Å²) in [4.78, 5) is 33.8. The molecule has 3 nitrogen and oxygen atoms in total. The van der Waals surface area contributed by atoms with Crippen LogP contribution in [0.1, 0.15) is 12.8 Å². The molecule has 2 aliphatic rings. The van der Waals surface area contributed by atoms with Crippen LogP contribution in [0, 0.1) is 5.75 Å². The SMILES string of the molecule is O=C1CC2=C(C[CH]S2)C(=O)C1=O. The summed E-state index contributed by atoms with van der Waals surface area (Å²) in [5.74, 6) is -0.164. The van der Waals surface area contributed by atoms with Crippen molar-refractivity contribution in [2.75, 3.05) is 0 Å². The van der Waals surface area contributed by atoms with Crippen molar-refractivity contribution < 1.29 is 14.4 Å². The molecule has 1 radical (unpaired) electrons. The van der Waals surface area contributed by atoms with E-state index in [-0.39, 0.29) is 6.42 Å². The first kappa shape index (κ1) is 7.73. The van der Waals surface area contributed by atoms with E-state index >= 15 is 0 Å². The highest BCUT2D eigenvalue weighted by atomic mass is 32.2. The van der Waals surface area contributed by atoms with E-state index in [1.54, 1.807) is 0 Å². The largest absolute Gasteiger partial charge is 0.290 e. The molecule has 0 saturated carbocycles. The van der Waals surface area contributed by atoms with Gasteiger partial charge in [-0.05, 0) is 6.42 Å². The van der Waals surface area contributed by atoms with Gasteiger partial charge in [-0.3, -0.25) is 14.4 Å². The number of hydrogen-bond acceptors (Lipinski definition) is 4. The molecule has 0 bridgehead atoms. The van der Waals surface area contributed by atoms with Crippen LogP contribution in [0.5, 0.6) is 0 Å². The van der Waals surface area contributed by atoms with E-state index < -0.39 is 17.3 Å². The van der Waals surface area contributed by atoms with Crippen LogP contribution in [0.2, 0.25) is 0 Å². The second-order valence-corrected chi connectivity index (χ2v) is 3.71. The van der Waals surface area contributed by atoms with Crippen LogP contribution < -0.4 is 0 Å². The fourth-order valence-electron chi connectivity index (χ4n) is 1.27. The van der Waals surface area contributed by atoms with Gasteiger partial charge in [-0.15, -0.1) is 11.8 Å². The smallest absolute Gasteiger partial charge is 0.269 e. The fourth-order valence-corrected chi connectivity index (χ4v) is 2.25. The lowest BCUT2D eigenvalue weighted by Crippen LogP contribution is -2.29. The zero-order valence-corrected chi connectivity index (χ0v) is 6.94. The maximum atomic E-state index is 11.2. The molecular formula is C8H5O3S. The maximum Gasteiger partial charge on any atom is 0.269 e. The molecule has 0 unspecified atom stereocenters. The van der Waals surface area contributed by atoms with Crippen molar-refractivity contribution >= 4 is 29.1 Å². The van der Waals surface area contributed by atoms with Gasteiger partial charge in [-0.25, -0.2) is 0 Å². The molecule has 0 fully saturated rings. The lowest BCUT2D eigenvalue weighted by molar-refractivity contribution is -0.143. The molecule has 0 aromatic heterocycles. The molecule has 0 atom stereocenters. The molecule has 0 aromatic rings. The molecule has 2 rings (SSSR count). The average molecular weight is 181 g/mol. The number of hydrogen-bond donors (Lipinski definition) is 0. The van der Waals surface area contributed by atoms with Crippen LogP contribution in [0.3, 0.4) is 0 Å². The summed E-state index contributed by atoms with van der Waals surface area (Å²) in [6.07, 6.45) is 0.652. The Hall–Kier alpha value is -0.900. The van der Waals surface area contributed by atoms with Crippen molar-refractivity contribution in [1.29, 1.82) is 0 Å². The van der Waals surface area contributed by atoms with Crippen molar-refractivity contribution in [3.8, 4) is 0 Å². The Morgan fingerprint density at radius 1 is 1.17 bits per heavy atom. The highest BCUT2D eigenvalue weighted by Crippen LogP contribution is 2.39. The van der Waals surface area contributed by atoms with Crippen LogP contribution >= 0.6 is 11.8 Å². The van der Waals surface area contributed by atoms with Crippen molar-refractivity contribution in [2.45, 2.75) is 12.8 Å². The molecule has 4 heteroatoms. The average Bonchev–Trinajstić information content (AvgIpc) is 2.48. The van der Waals surface area contributed by atoms with Crippen LogP contribution in [-0.4, -0.2) is 17.3 Å². The molecule has 0 aromatic carbocycles. The summed E-state index contributed by atoms with van der Waals surface area (Å²) >= 11 is 1.40. The Bertz CT molecular complexity index is 327. The fraction of sp³-hybridized carbons (Fsp3) is 0.250. The lowest BCUT2D eigenvalue weighted by Gasteiger charge is -2.08. The normalized spacial score (nSPS) is 23.5. The highest BCUT2D eigenvalue weighted by molar-refractivity contribution is 8.05. The molecule has 0 spiro atoms. The van der Waals surface area contributed by atoms with Crippen LogP contribution in [0.25, 0.3) is 0 Å². The quantitative estimate of drug-likeness (QED) is 0.515. The minimum Gasteiger partial charge on any atom is -0.290 e. The van der Waals surface area contributed by atoms with E-state index in [0.29, 0.717) is 12.0 Å². The Labute approximate surface area is 73.2 Å². The molecule has 61 valence electrons. The molecule has 0 saturated heterocycles. The first-order chi connectivity index (χ1) is 5.70. The molecule has 12 heavy (non-hydrogen) atoms. The first-order valence-corrected chi connectivity index (χ1v) is 4.40. The number of rotatable bonds is 0. The second kappa shape index (κ2) is 2.55. The molecule has 1 heterocycles. The number of Topliss-reactive ketones (excluding diaryl/α,β-unsaturated/α-hetero) is 3. The van der Waals surface area contributed by atoms with Gasteiger partial charge >= 0.3 is 0 Å². The third-order valence-corrected chi connectivity index (χ3v) is 2.91. The van der Waals surface area contributed by atoms with Gasteiger partial charge in [-0.1, -0.05) is 0 Å². The summed E-state index contributed by atoms with van der Waals surface area (Å²) < 4.78 is 0. The topological polar surface area (TPSA) is 51.2 Å². The van der Waals surface area contributed by atoms with Crippen LogP contribution in [0.4, 0.5) is 0 Å². The van der Waals surface area contributed by atoms with Crippen molar-refractivity contribution in [1.82, 2.24) is 0 Å². The standard InChI is InChI=1S/C8H5O3S/c9-5-3-6-4(1-2-12-6)7(10)8(5)11/h2H,1,3H2. The Balaban J connectivity index is 2.45. The number of thioether (sulfide) groups is 1. The van der Waals surface area contributed by atoms with Crippen LogP contribution in [0.15, 0.2) is 10.5 Å². The minimum absolute atomic E-state index is 0.126. The van der Waals surface area contributed by atoms with Crippen molar-refractivity contribution in [3.05, 3.63) is 16.2 Å². The molecular weight excluding hydrogens is 176 g/mol. The van der Waals surface area contributed by atoms with Crippen molar-refractivity contribution in [3.63, 3.8) is 0 Å².